The fourth-order valence-electron chi connectivity index (χ4n) is 1.38. The molecule has 2 unspecified atom stereocenters. The molecule has 0 saturated carbocycles. The lowest BCUT2D eigenvalue weighted by Gasteiger charge is -2.16. The van der Waals surface area contributed by atoms with Crippen molar-refractivity contribution in [3.8, 4) is 0 Å². The first-order valence-electron chi connectivity index (χ1n) is 6.88. The highest BCUT2D eigenvalue weighted by atomic mass is 16.5. The van der Waals surface area contributed by atoms with Crippen LogP contribution in [0.25, 0.3) is 0 Å². The fourth-order valence-corrected chi connectivity index (χ4v) is 1.38. The normalized spacial score (nSPS) is 14.7. The molecule has 0 saturated heterocycles. The molecule has 0 fully saturated rings. The van der Waals surface area contributed by atoms with Crippen LogP contribution in [-0.2, 0) is 9.47 Å². The highest BCUT2D eigenvalue weighted by Crippen LogP contribution is 1.91. The monoisotopic (exact) mass is 263 g/mol. The molecule has 0 aromatic carbocycles. The highest BCUT2D eigenvalue weighted by molar-refractivity contribution is 4.64. The molecule has 0 aromatic rings. The third-order valence-corrected chi connectivity index (χ3v) is 2.59. The first kappa shape index (κ1) is 17.8. The van der Waals surface area contributed by atoms with Gasteiger partial charge in [-0.2, -0.15) is 0 Å². The van der Waals surface area contributed by atoms with Crippen molar-refractivity contribution in [2.24, 2.45) is 0 Å². The molecule has 0 aliphatic rings. The summed E-state index contributed by atoms with van der Waals surface area (Å²) in [4.78, 5) is 0. The van der Waals surface area contributed by atoms with E-state index in [4.69, 9.17) is 14.6 Å². The third kappa shape index (κ3) is 12.3. The summed E-state index contributed by atoms with van der Waals surface area (Å²) in [5, 5.41) is 21.5. The summed E-state index contributed by atoms with van der Waals surface area (Å²) in [7, 11) is 0. The van der Waals surface area contributed by atoms with Crippen LogP contribution in [0.3, 0.4) is 0 Å². The Morgan fingerprint density at radius 1 is 1.17 bits per heavy atom. The van der Waals surface area contributed by atoms with Crippen LogP contribution in [0.15, 0.2) is 0 Å². The highest BCUT2D eigenvalue weighted by Gasteiger charge is 2.06. The van der Waals surface area contributed by atoms with E-state index in [1.54, 1.807) is 0 Å². The van der Waals surface area contributed by atoms with E-state index in [2.05, 4.69) is 12.2 Å². The predicted molar refractivity (Wildman–Crippen MR) is 71.7 cm³/mol. The topological polar surface area (TPSA) is 71.0 Å². The Hall–Kier alpha value is -0.200. The largest absolute Gasteiger partial charge is 0.396 e. The zero-order chi connectivity index (χ0) is 13.6. The van der Waals surface area contributed by atoms with Crippen LogP contribution < -0.4 is 5.32 Å². The van der Waals surface area contributed by atoms with Crippen molar-refractivity contribution in [3.05, 3.63) is 0 Å². The van der Waals surface area contributed by atoms with Crippen LogP contribution in [-0.4, -0.2) is 61.9 Å². The van der Waals surface area contributed by atoms with Crippen molar-refractivity contribution < 1.29 is 19.7 Å². The van der Waals surface area contributed by atoms with E-state index < -0.39 is 6.10 Å². The van der Waals surface area contributed by atoms with Gasteiger partial charge in [-0.3, -0.25) is 0 Å². The molecule has 0 aromatic heterocycles. The van der Waals surface area contributed by atoms with E-state index in [0.717, 1.165) is 19.4 Å². The molecule has 5 heteroatoms. The van der Waals surface area contributed by atoms with Crippen molar-refractivity contribution >= 4 is 0 Å². The maximum absolute atomic E-state index is 9.62. The van der Waals surface area contributed by atoms with Crippen LogP contribution in [0.2, 0.25) is 0 Å². The summed E-state index contributed by atoms with van der Waals surface area (Å²) in [6.45, 7) is 6.95. The number of hydrogen-bond donors (Lipinski definition) is 3. The van der Waals surface area contributed by atoms with Gasteiger partial charge in [-0.15, -0.1) is 0 Å². The van der Waals surface area contributed by atoms with Gasteiger partial charge < -0.3 is 25.0 Å². The van der Waals surface area contributed by atoms with Crippen LogP contribution in [0, 0.1) is 0 Å². The number of rotatable bonds is 13. The van der Waals surface area contributed by atoms with E-state index in [9.17, 15) is 5.11 Å². The Morgan fingerprint density at radius 2 is 1.89 bits per heavy atom. The van der Waals surface area contributed by atoms with Crippen molar-refractivity contribution in [1.82, 2.24) is 5.32 Å². The molecule has 2 atom stereocenters. The van der Waals surface area contributed by atoms with Crippen LogP contribution in [0.5, 0.6) is 0 Å². The lowest BCUT2D eigenvalue weighted by Crippen LogP contribution is -2.36. The van der Waals surface area contributed by atoms with Gasteiger partial charge in [0.25, 0.3) is 0 Å². The molecule has 0 aliphatic carbocycles. The Balaban J connectivity index is 3.23. The first-order chi connectivity index (χ1) is 8.70. The summed E-state index contributed by atoms with van der Waals surface area (Å²) in [6, 6.07) is 0.210. The molecule has 0 radical (unpaired) electrons. The van der Waals surface area contributed by atoms with Gasteiger partial charge in [-0.05, 0) is 19.8 Å². The van der Waals surface area contributed by atoms with E-state index in [-0.39, 0.29) is 12.6 Å². The molecule has 0 aliphatic heterocycles. The van der Waals surface area contributed by atoms with Gasteiger partial charge in [-0.1, -0.05) is 13.3 Å². The molecule has 0 bridgehead atoms. The van der Waals surface area contributed by atoms with Gasteiger partial charge in [0.1, 0.15) is 0 Å². The Bertz CT molecular complexity index is 169. The van der Waals surface area contributed by atoms with E-state index in [1.165, 1.54) is 0 Å². The van der Waals surface area contributed by atoms with Gasteiger partial charge >= 0.3 is 0 Å². The van der Waals surface area contributed by atoms with Crippen molar-refractivity contribution in [2.45, 2.75) is 45.3 Å². The fraction of sp³-hybridized carbons (Fsp3) is 1.00. The van der Waals surface area contributed by atoms with E-state index in [1.807, 2.05) is 6.92 Å². The molecule has 18 heavy (non-hydrogen) atoms. The van der Waals surface area contributed by atoms with Crippen molar-refractivity contribution in [3.63, 3.8) is 0 Å². The number of aliphatic hydroxyl groups excluding tert-OH is 2. The second-order valence-corrected chi connectivity index (χ2v) is 4.52. The first-order valence-corrected chi connectivity index (χ1v) is 6.88. The van der Waals surface area contributed by atoms with Crippen molar-refractivity contribution in [1.29, 1.82) is 0 Å². The molecule has 0 heterocycles. The number of nitrogens with one attached hydrogen (secondary N) is 1. The van der Waals surface area contributed by atoms with Gasteiger partial charge in [0, 0.05) is 25.8 Å². The Kier molecular flexibility index (Phi) is 13.1. The minimum absolute atomic E-state index is 0.163. The molecule has 3 N–H and O–H groups in total. The van der Waals surface area contributed by atoms with E-state index in [0.29, 0.717) is 32.8 Å². The van der Waals surface area contributed by atoms with Gasteiger partial charge in [0.2, 0.25) is 0 Å². The zero-order valence-corrected chi connectivity index (χ0v) is 11.7. The third-order valence-electron chi connectivity index (χ3n) is 2.59. The lowest BCUT2D eigenvalue weighted by molar-refractivity contribution is 0.00316. The van der Waals surface area contributed by atoms with Crippen LogP contribution in [0.1, 0.15) is 33.1 Å². The summed E-state index contributed by atoms with van der Waals surface area (Å²) in [5.74, 6) is 0. The average molecular weight is 263 g/mol. The predicted octanol–water partition coefficient (Wildman–Crippen LogP) is 0.541. The van der Waals surface area contributed by atoms with Gasteiger partial charge in [0.05, 0.1) is 25.9 Å². The molecule has 0 spiro atoms. The smallest absolute Gasteiger partial charge is 0.0897 e. The molecule has 110 valence electrons. The van der Waals surface area contributed by atoms with Crippen LogP contribution >= 0.6 is 0 Å². The Labute approximate surface area is 110 Å². The van der Waals surface area contributed by atoms with Gasteiger partial charge in [0.15, 0.2) is 0 Å². The van der Waals surface area contributed by atoms with Crippen molar-refractivity contribution in [2.75, 3.05) is 39.6 Å². The summed E-state index contributed by atoms with van der Waals surface area (Å²) in [6.07, 6.45) is 2.40. The summed E-state index contributed by atoms with van der Waals surface area (Å²) >= 11 is 0. The standard InChI is InChI=1S/C13H29NO4/c1-3-4-7-17-8-9-18-11-13(16)10-14-12(2)5-6-15/h12-16H,3-11H2,1-2H3. The molecule has 0 rings (SSSR count). The quantitative estimate of drug-likeness (QED) is 0.423. The maximum atomic E-state index is 9.62. The zero-order valence-electron chi connectivity index (χ0n) is 11.7. The summed E-state index contributed by atoms with van der Waals surface area (Å²) < 4.78 is 10.6. The second kappa shape index (κ2) is 13.2. The molecule has 5 nitrogen and oxygen atoms in total. The van der Waals surface area contributed by atoms with Gasteiger partial charge in [-0.25, -0.2) is 0 Å². The maximum Gasteiger partial charge on any atom is 0.0897 e. The SMILES string of the molecule is CCCCOCCOCC(O)CNC(C)CCO. The number of aliphatic hydroxyl groups is 2. The Morgan fingerprint density at radius 3 is 2.56 bits per heavy atom. The number of unbranched alkanes of at least 4 members (excludes halogenated alkanes) is 1. The summed E-state index contributed by atoms with van der Waals surface area (Å²) in [5.41, 5.74) is 0. The van der Waals surface area contributed by atoms with Crippen LogP contribution in [0.4, 0.5) is 0 Å². The molecule has 0 amide bonds. The second-order valence-electron chi connectivity index (χ2n) is 4.52. The minimum Gasteiger partial charge on any atom is -0.396 e. The molecular formula is C13H29NO4. The number of ether oxygens (including phenoxy) is 2. The lowest BCUT2D eigenvalue weighted by atomic mass is 10.2. The van der Waals surface area contributed by atoms with E-state index >= 15 is 0 Å². The molecular weight excluding hydrogens is 234 g/mol. The minimum atomic E-state index is -0.512. The number of hydrogen-bond acceptors (Lipinski definition) is 5. The average Bonchev–Trinajstić information content (AvgIpc) is 2.35.